The van der Waals surface area contributed by atoms with E-state index in [0.717, 1.165) is 18.0 Å². The van der Waals surface area contributed by atoms with E-state index in [2.05, 4.69) is 10.1 Å². The number of anilines is 1. The van der Waals surface area contributed by atoms with Gasteiger partial charge in [0.15, 0.2) is 5.84 Å². The molecule has 110 valence electrons. The second-order valence-corrected chi connectivity index (χ2v) is 4.74. The molecule has 21 heavy (non-hydrogen) atoms. The lowest BCUT2D eigenvalue weighted by Gasteiger charge is -2.19. The zero-order valence-electron chi connectivity index (χ0n) is 12.2. The lowest BCUT2D eigenvalue weighted by Crippen LogP contribution is -2.17. The van der Waals surface area contributed by atoms with E-state index in [0.29, 0.717) is 5.56 Å². The molecule has 0 saturated carbocycles. The molecule has 5 nitrogen and oxygen atoms in total. The van der Waals surface area contributed by atoms with Crippen LogP contribution < -0.4 is 15.4 Å². The number of rotatable bonds is 5. The Morgan fingerprint density at radius 1 is 1.14 bits per heavy atom. The molecule has 0 heterocycles. The number of oxime groups is 1. The van der Waals surface area contributed by atoms with E-state index in [-0.39, 0.29) is 5.84 Å². The van der Waals surface area contributed by atoms with Crippen LogP contribution in [0, 0.1) is 0 Å². The molecule has 0 atom stereocenters. The maximum atomic E-state index is 8.65. The molecule has 5 heteroatoms. The molecule has 0 spiro atoms. The molecular weight excluding hydrogens is 266 g/mol. The van der Waals surface area contributed by atoms with Crippen LogP contribution in [0.4, 0.5) is 5.69 Å². The Bertz CT molecular complexity index is 606. The standard InChI is InChI=1S/C16H19N3O2/c1-19(11-12-3-9-15(21-2)10-4-12)14-7-5-13(6-8-14)16(17)18-20/h3-10,20H,11H2,1-2H3,(H2,17,18). The Morgan fingerprint density at radius 2 is 1.76 bits per heavy atom. The molecule has 0 unspecified atom stereocenters. The topological polar surface area (TPSA) is 71.1 Å². The molecule has 0 amide bonds. The van der Waals surface area contributed by atoms with Crippen LogP contribution in [-0.4, -0.2) is 25.2 Å². The molecule has 3 N–H and O–H groups in total. The third-order valence-electron chi connectivity index (χ3n) is 3.29. The highest BCUT2D eigenvalue weighted by Gasteiger charge is 2.04. The van der Waals surface area contributed by atoms with E-state index in [1.807, 2.05) is 55.6 Å². The minimum absolute atomic E-state index is 0.111. The summed E-state index contributed by atoms with van der Waals surface area (Å²) in [7, 11) is 3.67. The largest absolute Gasteiger partial charge is 0.497 e. The first-order chi connectivity index (χ1) is 10.1. The summed E-state index contributed by atoms with van der Waals surface area (Å²) in [5.41, 5.74) is 8.49. The van der Waals surface area contributed by atoms with E-state index in [9.17, 15) is 0 Å². The fourth-order valence-corrected chi connectivity index (χ4v) is 2.04. The van der Waals surface area contributed by atoms with Crippen LogP contribution in [0.3, 0.4) is 0 Å². The second kappa shape index (κ2) is 6.65. The lowest BCUT2D eigenvalue weighted by molar-refractivity contribution is 0.318. The van der Waals surface area contributed by atoms with Gasteiger partial charge in [-0.2, -0.15) is 0 Å². The van der Waals surface area contributed by atoms with Gasteiger partial charge >= 0.3 is 0 Å². The highest BCUT2D eigenvalue weighted by atomic mass is 16.5. The number of nitrogens with two attached hydrogens (primary N) is 1. The minimum Gasteiger partial charge on any atom is -0.497 e. The number of nitrogens with zero attached hydrogens (tertiary/aromatic N) is 2. The first-order valence-electron chi connectivity index (χ1n) is 6.56. The molecule has 0 saturated heterocycles. The molecule has 0 aromatic heterocycles. The lowest BCUT2D eigenvalue weighted by atomic mass is 10.1. The van der Waals surface area contributed by atoms with Crippen LogP contribution in [0.25, 0.3) is 0 Å². The fourth-order valence-electron chi connectivity index (χ4n) is 2.04. The van der Waals surface area contributed by atoms with Crippen molar-refractivity contribution in [2.75, 3.05) is 19.1 Å². The summed E-state index contributed by atoms with van der Waals surface area (Å²) >= 11 is 0. The third kappa shape index (κ3) is 3.66. The number of amidine groups is 1. The van der Waals surface area contributed by atoms with Gasteiger partial charge in [-0.1, -0.05) is 17.3 Å². The van der Waals surface area contributed by atoms with E-state index in [1.54, 1.807) is 7.11 Å². The number of hydrogen-bond donors (Lipinski definition) is 2. The summed E-state index contributed by atoms with van der Waals surface area (Å²) in [6.07, 6.45) is 0. The van der Waals surface area contributed by atoms with Crippen molar-refractivity contribution in [3.63, 3.8) is 0 Å². The van der Waals surface area contributed by atoms with Crippen molar-refractivity contribution in [3.8, 4) is 5.75 Å². The highest BCUT2D eigenvalue weighted by molar-refractivity contribution is 5.97. The van der Waals surface area contributed by atoms with Crippen LogP contribution >= 0.6 is 0 Å². The number of benzene rings is 2. The van der Waals surface area contributed by atoms with Gasteiger partial charge in [-0.25, -0.2) is 0 Å². The highest BCUT2D eigenvalue weighted by Crippen LogP contribution is 2.18. The van der Waals surface area contributed by atoms with Crippen molar-refractivity contribution in [1.82, 2.24) is 0 Å². The van der Waals surface area contributed by atoms with Gasteiger partial charge in [-0.3, -0.25) is 0 Å². The summed E-state index contributed by atoms with van der Waals surface area (Å²) < 4.78 is 5.15. The molecule has 2 aromatic rings. The van der Waals surface area contributed by atoms with Gasteiger partial charge in [0, 0.05) is 24.8 Å². The van der Waals surface area contributed by atoms with Crippen LogP contribution in [0.2, 0.25) is 0 Å². The minimum atomic E-state index is 0.111. The summed E-state index contributed by atoms with van der Waals surface area (Å²) in [6.45, 7) is 0.785. The summed E-state index contributed by atoms with van der Waals surface area (Å²) in [6, 6.07) is 15.5. The van der Waals surface area contributed by atoms with Crippen LogP contribution in [-0.2, 0) is 6.54 Å². The maximum absolute atomic E-state index is 8.65. The smallest absolute Gasteiger partial charge is 0.170 e. The van der Waals surface area contributed by atoms with Gasteiger partial charge < -0.3 is 20.6 Å². The Balaban J connectivity index is 2.07. The average Bonchev–Trinajstić information content (AvgIpc) is 2.55. The Hall–Kier alpha value is -2.69. The van der Waals surface area contributed by atoms with Gasteiger partial charge in [0.05, 0.1) is 7.11 Å². The Kier molecular flexibility index (Phi) is 4.66. The molecule has 2 rings (SSSR count). The van der Waals surface area contributed by atoms with Crippen molar-refractivity contribution >= 4 is 11.5 Å². The number of hydrogen-bond acceptors (Lipinski definition) is 4. The molecule has 2 aromatic carbocycles. The Morgan fingerprint density at radius 3 is 2.29 bits per heavy atom. The normalized spacial score (nSPS) is 11.2. The summed E-state index contributed by atoms with van der Waals surface area (Å²) in [5, 5.41) is 11.6. The first kappa shape index (κ1) is 14.7. The summed E-state index contributed by atoms with van der Waals surface area (Å²) in [4.78, 5) is 2.12. The molecule has 0 aliphatic carbocycles. The number of methoxy groups -OCH3 is 1. The summed E-state index contributed by atoms with van der Waals surface area (Å²) in [5.74, 6) is 0.962. The molecule has 0 bridgehead atoms. The van der Waals surface area contributed by atoms with Crippen molar-refractivity contribution in [1.29, 1.82) is 0 Å². The first-order valence-corrected chi connectivity index (χ1v) is 6.56. The SMILES string of the molecule is COc1ccc(CN(C)c2ccc(C(N)=NO)cc2)cc1. The van der Waals surface area contributed by atoms with E-state index in [1.165, 1.54) is 5.56 Å². The van der Waals surface area contributed by atoms with E-state index >= 15 is 0 Å². The van der Waals surface area contributed by atoms with Gasteiger partial charge in [0.1, 0.15) is 5.75 Å². The third-order valence-corrected chi connectivity index (χ3v) is 3.29. The quantitative estimate of drug-likeness (QED) is 0.383. The molecule has 0 aliphatic heterocycles. The van der Waals surface area contributed by atoms with E-state index in [4.69, 9.17) is 15.7 Å². The molecular formula is C16H19N3O2. The zero-order valence-corrected chi connectivity index (χ0v) is 12.2. The van der Waals surface area contributed by atoms with Crippen molar-refractivity contribution in [2.45, 2.75) is 6.54 Å². The molecule has 0 fully saturated rings. The van der Waals surface area contributed by atoms with Crippen molar-refractivity contribution in [3.05, 3.63) is 59.7 Å². The predicted molar refractivity (Wildman–Crippen MR) is 84.1 cm³/mol. The molecule has 0 aliphatic rings. The van der Waals surface area contributed by atoms with Crippen molar-refractivity contribution in [2.24, 2.45) is 10.9 Å². The maximum Gasteiger partial charge on any atom is 0.170 e. The van der Waals surface area contributed by atoms with Gasteiger partial charge in [-0.15, -0.1) is 0 Å². The monoisotopic (exact) mass is 285 g/mol. The second-order valence-electron chi connectivity index (χ2n) is 4.74. The van der Waals surface area contributed by atoms with Crippen LogP contribution in [0.1, 0.15) is 11.1 Å². The number of ether oxygens (including phenoxy) is 1. The van der Waals surface area contributed by atoms with Crippen LogP contribution in [0.15, 0.2) is 53.7 Å². The van der Waals surface area contributed by atoms with Gasteiger partial charge in [0.25, 0.3) is 0 Å². The average molecular weight is 285 g/mol. The fraction of sp³-hybridized carbons (Fsp3) is 0.188. The van der Waals surface area contributed by atoms with Crippen molar-refractivity contribution < 1.29 is 9.94 Å². The predicted octanol–water partition coefficient (Wildman–Crippen LogP) is 2.43. The van der Waals surface area contributed by atoms with E-state index < -0.39 is 0 Å². The van der Waals surface area contributed by atoms with Gasteiger partial charge in [0.2, 0.25) is 0 Å². The molecule has 0 radical (unpaired) electrons. The Labute approximate surface area is 124 Å². The zero-order chi connectivity index (χ0) is 15.2. The van der Waals surface area contributed by atoms with Gasteiger partial charge in [-0.05, 0) is 42.0 Å². The van der Waals surface area contributed by atoms with Crippen LogP contribution in [0.5, 0.6) is 5.75 Å².